The normalized spacial score (nSPS) is 33.4. The number of aliphatic hydroxyl groups is 1. The van der Waals surface area contributed by atoms with E-state index in [2.05, 4.69) is 30.4 Å². The van der Waals surface area contributed by atoms with Crippen molar-refractivity contribution in [2.75, 3.05) is 13.7 Å². The second kappa shape index (κ2) is 11.7. The molecule has 5 rings (SSSR count). The SMILES string of the molecule is COC(=O)C(Cc1ccc(O)c([N+](=O)[O-])c1)NC(=O)CON=C1C=C2CCC3C(CCC4(C)C(O)CCC34)C2(C)CC1. The zero-order chi connectivity index (χ0) is 30.2. The first-order chi connectivity index (χ1) is 20.0. The number of nitro groups is 1. The van der Waals surface area contributed by atoms with Gasteiger partial charge in [0.15, 0.2) is 12.4 Å². The lowest BCUT2D eigenvalue weighted by atomic mass is 9.47. The van der Waals surface area contributed by atoms with Gasteiger partial charge in [-0.3, -0.25) is 14.9 Å². The molecule has 0 spiro atoms. The van der Waals surface area contributed by atoms with Crippen LogP contribution in [0.25, 0.3) is 0 Å². The Hall–Kier alpha value is -3.47. The number of carbonyl (C=O) groups excluding carboxylic acids is 2. The summed E-state index contributed by atoms with van der Waals surface area (Å²) in [5, 5.41) is 38.3. The Bertz CT molecular complexity index is 1310. The van der Waals surface area contributed by atoms with Gasteiger partial charge in [0.1, 0.15) is 6.04 Å². The molecule has 0 saturated heterocycles. The molecule has 0 aromatic heterocycles. The largest absolute Gasteiger partial charge is 0.502 e. The van der Waals surface area contributed by atoms with Crippen LogP contribution >= 0.6 is 0 Å². The third-order valence-corrected chi connectivity index (χ3v) is 10.8. The van der Waals surface area contributed by atoms with Gasteiger partial charge in [-0.1, -0.05) is 30.6 Å². The molecule has 4 aliphatic rings. The van der Waals surface area contributed by atoms with Crippen molar-refractivity contribution in [1.82, 2.24) is 5.32 Å². The van der Waals surface area contributed by atoms with Crippen molar-refractivity contribution in [2.45, 2.75) is 83.8 Å². The fourth-order valence-corrected chi connectivity index (χ4v) is 8.44. The maximum absolute atomic E-state index is 12.6. The van der Waals surface area contributed by atoms with E-state index in [4.69, 9.17) is 9.57 Å². The van der Waals surface area contributed by atoms with Crippen molar-refractivity contribution in [1.29, 1.82) is 0 Å². The molecule has 3 saturated carbocycles. The van der Waals surface area contributed by atoms with Gasteiger partial charge in [0.2, 0.25) is 0 Å². The lowest BCUT2D eigenvalue weighted by Gasteiger charge is -2.57. The Morgan fingerprint density at radius 2 is 1.95 bits per heavy atom. The van der Waals surface area contributed by atoms with Crippen molar-refractivity contribution in [3.8, 4) is 5.75 Å². The molecule has 42 heavy (non-hydrogen) atoms. The predicted octanol–water partition coefficient (Wildman–Crippen LogP) is 4.20. The summed E-state index contributed by atoms with van der Waals surface area (Å²) in [6.07, 6.45) is 10.0. The molecule has 3 N–H and O–H groups in total. The molecule has 228 valence electrons. The summed E-state index contributed by atoms with van der Waals surface area (Å²) in [4.78, 5) is 40.7. The van der Waals surface area contributed by atoms with Crippen LogP contribution < -0.4 is 5.32 Å². The molecule has 0 heterocycles. The average molecular weight is 584 g/mol. The zero-order valence-electron chi connectivity index (χ0n) is 24.5. The van der Waals surface area contributed by atoms with Gasteiger partial charge in [-0.25, -0.2) is 4.79 Å². The van der Waals surface area contributed by atoms with Crippen LogP contribution in [-0.2, 0) is 25.6 Å². The number of carbonyl (C=O) groups is 2. The number of nitrogens with one attached hydrogen (secondary N) is 1. The lowest BCUT2D eigenvalue weighted by molar-refractivity contribution is -0.385. The zero-order valence-corrected chi connectivity index (χ0v) is 24.5. The number of hydrogen-bond acceptors (Lipinski definition) is 9. The van der Waals surface area contributed by atoms with Crippen molar-refractivity contribution in [2.24, 2.45) is 33.7 Å². The van der Waals surface area contributed by atoms with Gasteiger partial charge in [0.05, 0.1) is 23.8 Å². The van der Waals surface area contributed by atoms with E-state index in [1.807, 2.05) is 0 Å². The molecule has 11 heteroatoms. The number of phenols is 1. The van der Waals surface area contributed by atoms with E-state index in [0.29, 0.717) is 23.3 Å². The number of fused-ring (bicyclic) bond motifs is 5. The van der Waals surface area contributed by atoms with Gasteiger partial charge in [0, 0.05) is 12.5 Å². The first kappa shape index (κ1) is 30.0. The molecule has 0 bridgehead atoms. The van der Waals surface area contributed by atoms with E-state index < -0.39 is 40.9 Å². The van der Waals surface area contributed by atoms with E-state index in [1.165, 1.54) is 24.8 Å². The first-order valence-electron chi connectivity index (χ1n) is 14.9. The Balaban J connectivity index is 1.19. The molecule has 7 atom stereocenters. The Morgan fingerprint density at radius 1 is 1.17 bits per heavy atom. The topological polar surface area (TPSA) is 161 Å². The first-order valence-corrected chi connectivity index (χ1v) is 14.9. The van der Waals surface area contributed by atoms with Crippen molar-refractivity contribution < 1.29 is 34.3 Å². The summed E-state index contributed by atoms with van der Waals surface area (Å²) in [7, 11) is 1.18. The molecule has 1 amide bonds. The third kappa shape index (κ3) is 5.50. The number of phenolic OH excluding ortho intramolecular Hbond substituents is 1. The minimum atomic E-state index is -1.10. The number of allylic oxidation sites excluding steroid dienone is 2. The minimum absolute atomic E-state index is 0.0589. The number of nitrogens with zero attached hydrogens (tertiary/aromatic N) is 2. The number of rotatable bonds is 8. The maximum Gasteiger partial charge on any atom is 0.328 e. The van der Waals surface area contributed by atoms with Gasteiger partial charge < -0.3 is 25.1 Å². The van der Waals surface area contributed by atoms with Gasteiger partial charge in [0.25, 0.3) is 5.91 Å². The van der Waals surface area contributed by atoms with E-state index in [-0.39, 0.29) is 23.4 Å². The van der Waals surface area contributed by atoms with Gasteiger partial charge in [-0.15, -0.1) is 0 Å². The standard InChI is InChI=1S/C31H41N3O8/c1-30-12-10-20(16-19(30)5-6-21-22-7-9-27(36)31(22,2)13-11-23(21)30)33-42-17-28(37)32-24(29(38)41-3)14-18-4-8-26(35)25(15-18)34(39)40/h4,8,15-16,21-24,27,35-36H,5-7,9-14,17H2,1-3H3,(H,32,37). The highest BCUT2D eigenvalue weighted by atomic mass is 16.6. The number of esters is 1. The van der Waals surface area contributed by atoms with E-state index in [1.54, 1.807) is 0 Å². The van der Waals surface area contributed by atoms with Gasteiger partial charge in [-0.2, -0.15) is 0 Å². The number of ether oxygens (including phenoxy) is 1. The van der Waals surface area contributed by atoms with E-state index in [9.17, 15) is 29.9 Å². The Morgan fingerprint density at radius 3 is 2.69 bits per heavy atom. The highest BCUT2D eigenvalue weighted by molar-refractivity contribution is 5.96. The number of oxime groups is 1. The summed E-state index contributed by atoms with van der Waals surface area (Å²) in [5.74, 6) is 0.0699. The minimum Gasteiger partial charge on any atom is -0.502 e. The fraction of sp³-hybridized carbons (Fsp3) is 0.645. The molecule has 1 aromatic carbocycles. The molecular formula is C31H41N3O8. The molecular weight excluding hydrogens is 542 g/mol. The number of hydrogen-bond donors (Lipinski definition) is 3. The Kier molecular flexibility index (Phi) is 8.33. The quantitative estimate of drug-likeness (QED) is 0.233. The van der Waals surface area contributed by atoms with Crippen molar-refractivity contribution in [3.63, 3.8) is 0 Å². The van der Waals surface area contributed by atoms with E-state index in [0.717, 1.165) is 63.1 Å². The summed E-state index contributed by atoms with van der Waals surface area (Å²) in [6, 6.07) is 2.66. The summed E-state index contributed by atoms with van der Waals surface area (Å²) in [6.45, 7) is 4.29. The Labute approximate surface area is 245 Å². The smallest absolute Gasteiger partial charge is 0.328 e. The number of benzene rings is 1. The second-order valence-corrected chi connectivity index (χ2v) is 12.9. The van der Waals surface area contributed by atoms with Crippen LogP contribution in [0.3, 0.4) is 0 Å². The average Bonchev–Trinajstić information content (AvgIpc) is 3.27. The predicted molar refractivity (Wildman–Crippen MR) is 154 cm³/mol. The summed E-state index contributed by atoms with van der Waals surface area (Å²) < 4.78 is 4.79. The van der Waals surface area contributed by atoms with Crippen molar-refractivity contribution >= 4 is 23.3 Å². The van der Waals surface area contributed by atoms with Crippen LogP contribution in [0.2, 0.25) is 0 Å². The highest BCUT2D eigenvalue weighted by Crippen LogP contribution is 2.65. The van der Waals surface area contributed by atoms with Crippen LogP contribution in [0, 0.1) is 38.7 Å². The van der Waals surface area contributed by atoms with Crippen LogP contribution in [0.5, 0.6) is 5.75 Å². The maximum atomic E-state index is 12.6. The molecule has 0 radical (unpaired) electrons. The van der Waals surface area contributed by atoms with Gasteiger partial charge in [-0.05, 0) is 97.7 Å². The summed E-state index contributed by atoms with van der Waals surface area (Å²) >= 11 is 0. The molecule has 3 fully saturated rings. The monoisotopic (exact) mass is 583 g/mol. The molecule has 0 aliphatic heterocycles. The van der Waals surface area contributed by atoms with Crippen LogP contribution in [0.4, 0.5) is 5.69 Å². The number of nitro benzene ring substituents is 1. The number of amides is 1. The fourth-order valence-electron chi connectivity index (χ4n) is 8.44. The van der Waals surface area contributed by atoms with Gasteiger partial charge >= 0.3 is 11.7 Å². The molecule has 11 nitrogen and oxygen atoms in total. The highest BCUT2D eigenvalue weighted by Gasteiger charge is 2.58. The molecule has 7 unspecified atom stereocenters. The third-order valence-electron chi connectivity index (χ3n) is 10.8. The molecule has 1 aromatic rings. The van der Waals surface area contributed by atoms with Crippen LogP contribution in [0.15, 0.2) is 35.0 Å². The van der Waals surface area contributed by atoms with Crippen LogP contribution in [0.1, 0.15) is 70.8 Å². The van der Waals surface area contributed by atoms with E-state index >= 15 is 0 Å². The second-order valence-electron chi connectivity index (χ2n) is 12.9. The number of aromatic hydroxyl groups is 1. The molecule has 4 aliphatic carbocycles. The summed E-state index contributed by atoms with van der Waals surface area (Å²) in [5.41, 5.74) is 2.25. The lowest BCUT2D eigenvalue weighted by Crippen LogP contribution is -2.51. The van der Waals surface area contributed by atoms with Crippen molar-refractivity contribution in [3.05, 3.63) is 45.5 Å². The number of aliphatic hydroxyl groups excluding tert-OH is 1. The van der Waals surface area contributed by atoms with Crippen LogP contribution in [-0.4, -0.2) is 58.6 Å². The number of methoxy groups -OCH3 is 1.